The Hall–Kier alpha value is 0.0538. The summed E-state index contributed by atoms with van der Waals surface area (Å²) < 4.78 is 13.4. The fourth-order valence-corrected chi connectivity index (χ4v) is 4.56. The van der Waals surface area contributed by atoms with Crippen LogP contribution >= 0.6 is 0 Å². The van der Waals surface area contributed by atoms with Crippen LogP contribution in [0, 0.1) is 0 Å². The molecule has 0 aromatic heterocycles. The zero-order chi connectivity index (χ0) is 18.3. The molecular formula is C18H39NO2Si2. The van der Waals surface area contributed by atoms with E-state index in [2.05, 4.69) is 79.6 Å². The van der Waals surface area contributed by atoms with Crippen LogP contribution in [0.25, 0.3) is 0 Å². The number of hydrogen-bond donors (Lipinski definition) is 1. The molecule has 0 unspecified atom stereocenters. The first-order valence-electron chi connectivity index (χ1n) is 8.84. The molecule has 0 radical (unpaired) electrons. The van der Waals surface area contributed by atoms with Crippen LogP contribution in [-0.2, 0) is 8.85 Å². The van der Waals surface area contributed by atoms with Crippen molar-refractivity contribution in [2.45, 2.75) is 96.1 Å². The zero-order valence-corrected chi connectivity index (χ0v) is 19.0. The normalized spacial score (nSPS) is 22.6. The lowest BCUT2D eigenvalue weighted by atomic mass is 10.1. The van der Waals surface area contributed by atoms with Gasteiger partial charge in [0, 0.05) is 12.6 Å². The summed E-state index contributed by atoms with van der Waals surface area (Å²) in [6, 6.07) is 0.400. The average molecular weight is 358 g/mol. The molecule has 1 aliphatic heterocycles. The second-order valence-corrected chi connectivity index (χ2v) is 19.4. The van der Waals surface area contributed by atoms with Crippen LogP contribution in [0.3, 0.4) is 0 Å². The third kappa shape index (κ3) is 5.26. The molecule has 1 heterocycles. The molecule has 3 atom stereocenters. The van der Waals surface area contributed by atoms with Gasteiger partial charge in [0.2, 0.25) is 0 Å². The first kappa shape index (κ1) is 21.1. The maximum absolute atomic E-state index is 6.74. The van der Waals surface area contributed by atoms with Gasteiger partial charge in [-0.3, -0.25) is 0 Å². The average Bonchev–Trinajstić information content (AvgIpc) is 3.14. The SMILES string of the molecule is C=C[C@@H](O[Si](C)(C)C(C)(C)C)[C@H](O[Si](C)(C)C(C)(C)C)[C@H]1CN1. The van der Waals surface area contributed by atoms with Crippen LogP contribution in [0.2, 0.25) is 36.3 Å². The first-order chi connectivity index (χ1) is 10.1. The molecule has 0 saturated carbocycles. The van der Waals surface area contributed by atoms with Crippen molar-refractivity contribution in [2.75, 3.05) is 6.54 Å². The van der Waals surface area contributed by atoms with E-state index in [1.54, 1.807) is 0 Å². The van der Waals surface area contributed by atoms with Gasteiger partial charge in [0.1, 0.15) is 0 Å². The molecule has 1 rings (SSSR count). The van der Waals surface area contributed by atoms with E-state index in [-0.39, 0.29) is 22.3 Å². The minimum Gasteiger partial charge on any atom is -0.409 e. The highest BCUT2D eigenvalue weighted by Gasteiger charge is 2.47. The highest BCUT2D eigenvalue weighted by molar-refractivity contribution is 6.74. The third-order valence-corrected chi connectivity index (χ3v) is 14.8. The molecular weight excluding hydrogens is 318 g/mol. The highest BCUT2D eigenvalue weighted by Crippen LogP contribution is 2.41. The maximum atomic E-state index is 6.74. The summed E-state index contributed by atoms with van der Waals surface area (Å²) in [7, 11) is -3.70. The summed E-state index contributed by atoms with van der Waals surface area (Å²) in [4.78, 5) is 0. The lowest BCUT2D eigenvalue weighted by Gasteiger charge is -2.44. The molecule has 0 aromatic rings. The predicted octanol–water partition coefficient (Wildman–Crippen LogP) is 4.93. The van der Waals surface area contributed by atoms with E-state index in [1.807, 2.05) is 6.08 Å². The summed E-state index contributed by atoms with van der Waals surface area (Å²) >= 11 is 0. The number of nitrogens with one attached hydrogen (secondary N) is 1. The van der Waals surface area contributed by atoms with E-state index in [4.69, 9.17) is 8.85 Å². The molecule has 1 fully saturated rings. The fourth-order valence-electron chi connectivity index (χ4n) is 1.96. The van der Waals surface area contributed by atoms with Gasteiger partial charge in [0.05, 0.1) is 12.2 Å². The molecule has 5 heteroatoms. The second kappa shape index (κ2) is 6.75. The van der Waals surface area contributed by atoms with E-state index >= 15 is 0 Å². The summed E-state index contributed by atoms with van der Waals surface area (Å²) in [6.45, 7) is 28.0. The van der Waals surface area contributed by atoms with Gasteiger partial charge in [-0.15, -0.1) is 6.58 Å². The molecule has 0 bridgehead atoms. The zero-order valence-electron chi connectivity index (χ0n) is 17.0. The van der Waals surface area contributed by atoms with Gasteiger partial charge in [0.25, 0.3) is 0 Å². The third-order valence-electron chi connectivity index (χ3n) is 5.87. The van der Waals surface area contributed by atoms with Crippen molar-refractivity contribution in [1.29, 1.82) is 0 Å². The quantitative estimate of drug-likeness (QED) is 0.399. The Morgan fingerprint density at radius 3 is 1.65 bits per heavy atom. The van der Waals surface area contributed by atoms with E-state index in [1.165, 1.54) is 0 Å². The van der Waals surface area contributed by atoms with Crippen molar-refractivity contribution >= 4 is 16.6 Å². The van der Waals surface area contributed by atoms with Gasteiger partial charge in [-0.25, -0.2) is 0 Å². The Kier molecular flexibility index (Phi) is 6.19. The molecule has 0 aromatic carbocycles. The van der Waals surface area contributed by atoms with E-state index in [0.717, 1.165) is 6.54 Å². The fraction of sp³-hybridized carbons (Fsp3) is 0.889. The number of rotatable bonds is 7. The van der Waals surface area contributed by atoms with Gasteiger partial charge in [0.15, 0.2) is 16.6 Å². The van der Waals surface area contributed by atoms with Gasteiger partial charge >= 0.3 is 0 Å². The molecule has 0 amide bonds. The van der Waals surface area contributed by atoms with Crippen LogP contribution in [0.15, 0.2) is 12.7 Å². The van der Waals surface area contributed by atoms with Crippen LogP contribution in [0.1, 0.15) is 41.5 Å². The van der Waals surface area contributed by atoms with Crippen molar-refractivity contribution in [3.05, 3.63) is 12.7 Å². The summed E-state index contributed by atoms with van der Waals surface area (Å²) in [5, 5.41) is 3.82. The topological polar surface area (TPSA) is 40.4 Å². The predicted molar refractivity (Wildman–Crippen MR) is 106 cm³/mol. The van der Waals surface area contributed by atoms with Crippen LogP contribution in [-0.4, -0.2) is 41.4 Å². The molecule has 0 spiro atoms. The first-order valence-corrected chi connectivity index (χ1v) is 14.7. The maximum Gasteiger partial charge on any atom is 0.193 e. The lowest BCUT2D eigenvalue weighted by Crippen LogP contribution is -2.53. The minimum atomic E-state index is -1.85. The number of hydrogen-bond acceptors (Lipinski definition) is 3. The van der Waals surface area contributed by atoms with Crippen molar-refractivity contribution < 1.29 is 8.85 Å². The minimum absolute atomic E-state index is 0.0370. The van der Waals surface area contributed by atoms with E-state index < -0.39 is 16.6 Å². The smallest absolute Gasteiger partial charge is 0.193 e. The van der Waals surface area contributed by atoms with Crippen LogP contribution in [0.4, 0.5) is 0 Å². The molecule has 3 nitrogen and oxygen atoms in total. The van der Waals surface area contributed by atoms with Crippen LogP contribution < -0.4 is 5.32 Å². The Morgan fingerprint density at radius 2 is 1.35 bits per heavy atom. The molecule has 0 aliphatic carbocycles. The van der Waals surface area contributed by atoms with Crippen molar-refractivity contribution in [3.63, 3.8) is 0 Å². The summed E-state index contributed by atoms with van der Waals surface area (Å²) in [6.07, 6.45) is 1.99. The van der Waals surface area contributed by atoms with Gasteiger partial charge in [-0.1, -0.05) is 47.6 Å². The molecule has 1 N–H and O–H groups in total. The van der Waals surface area contributed by atoms with Gasteiger partial charge < -0.3 is 14.2 Å². The molecule has 1 aliphatic rings. The Labute approximate surface area is 146 Å². The monoisotopic (exact) mass is 357 g/mol. The second-order valence-electron chi connectivity index (χ2n) is 9.94. The van der Waals surface area contributed by atoms with Crippen LogP contribution in [0.5, 0.6) is 0 Å². The Morgan fingerprint density at radius 1 is 0.957 bits per heavy atom. The van der Waals surface area contributed by atoms with E-state index in [9.17, 15) is 0 Å². The van der Waals surface area contributed by atoms with Crippen molar-refractivity contribution in [1.82, 2.24) is 5.32 Å². The Bertz CT molecular complexity index is 418. The highest BCUT2D eigenvalue weighted by atomic mass is 28.4. The largest absolute Gasteiger partial charge is 0.409 e. The Balaban J connectivity index is 2.97. The van der Waals surface area contributed by atoms with E-state index in [0.29, 0.717) is 6.04 Å². The van der Waals surface area contributed by atoms with Gasteiger partial charge in [-0.2, -0.15) is 0 Å². The standard InChI is InChI=1S/C18H39NO2Si2/c1-12-15(20-22(8,9)17(2,3)4)16(14-13-19-14)21-23(10,11)18(5,6)7/h12,14-16,19H,1,13H2,2-11H3/t14-,15-,16-/m1/s1. The summed E-state index contributed by atoms with van der Waals surface area (Å²) in [5.74, 6) is 0. The van der Waals surface area contributed by atoms with Crippen molar-refractivity contribution in [3.8, 4) is 0 Å². The summed E-state index contributed by atoms with van der Waals surface area (Å²) in [5.41, 5.74) is 0. The molecule has 1 saturated heterocycles. The van der Waals surface area contributed by atoms with Crippen molar-refractivity contribution in [2.24, 2.45) is 0 Å². The lowest BCUT2D eigenvalue weighted by molar-refractivity contribution is 0.0628. The molecule has 136 valence electrons. The molecule has 23 heavy (non-hydrogen) atoms. The van der Waals surface area contributed by atoms with Gasteiger partial charge in [-0.05, 0) is 36.3 Å².